The van der Waals surface area contributed by atoms with Crippen molar-refractivity contribution >= 4 is 50.2 Å². The first-order chi connectivity index (χ1) is 15.9. The largest absolute Gasteiger partial charge is 0.423 e. The first kappa shape index (κ1) is 21.5. The van der Waals surface area contributed by atoms with Gasteiger partial charge in [0.2, 0.25) is 5.13 Å². The number of nitrogens with zero attached hydrogens (tertiary/aromatic N) is 4. The third kappa shape index (κ3) is 5.14. The van der Waals surface area contributed by atoms with E-state index in [0.717, 1.165) is 28.4 Å². The molecule has 0 fully saturated rings. The number of carbonyl (C=O) groups is 1. The van der Waals surface area contributed by atoms with Gasteiger partial charge in [0.25, 0.3) is 11.4 Å². The van der Waals surface area contributed by atoms with Crippen molar-refractivity contribution in [2.24, 2.45) is 5.10 Å². The van der Waals surface area contributed by atoms with Crippen LogP contribution in [-0.2, 0) is 0 Å². The van der Waals surface area contributed by atoms with Crippen molar-refractivity contribution in [2.75, 3.05) is 5.43 Å². The van der Waals surface area contributed by atoms with Crippen molar-refractivity contribution in [3.05, 3.63) is 98.1 Å². The fourth-order valence-corrected chi connectivity index (χ4v) is 3.61. The maximum atomic E-state index is 12.3. The average Bonchev–Trinajstić information content (AvgIpc) is 3.22. The SMILES string of the molecule is O=C(Oc1ccc(/C=N\Nc2nc3ccccc3s2)cc1)c1cc([N+](=O)[O-])cc([N+](=O)[O-])c1. The molecule has 11 nitrogen and oxygen atoms in total. The second-order valence-corrected chi connectivity index (χ2v) is 7.60. The first-order valence-corrected chi connectivity index (χ1v) is 10.1. The van der Waals surface area contributed by atoms with E-state index >= 15 is 0 Å². The minimum absolute atomic E-state index is 0.158. The molecule has 1 heterocycles. The van der Waals surface area contributed by atoms with Gasteiger partial charge in [-0.1, -0.05) is 23.5 Å². The summed E-state index contributed by atoms with van der Waals surface area (Å²) in [6.45, 7) is 0. The standard InChI is InChI=1S/C21H13N5O6S/c27-20(14-9-15(25(28)29)11-16(10-14)26(30)31)32-17-7-5-13(6-8-17)12-22-24-21-23-18-3-1-2-4-19(18)33-21/h1-12H,(H,23,24)/b22-12-. The van der Waals surface area contributed by atoms with Gasteiger partial charge >= 0.3 is 5.97 Å². The lowest BCUT2D eigenvalue weighted by Crippen LogP contribution is -2.09. The first-order valence-electron chi connectivity index (χ1n) is 9.30. The van der Waals surface area contributed by atoms with Crippen molar-refractivity contribution < 1.29 is 19.4 Å². The zero-order chi connectivity index (χ0) is 23.4. The fraction of sp³-hybridized carbons (Fsp3) is 0. The van der Waals surface area contributed by atoms with Crippen molar-refractivity contribution in [3.8, 4) is 5.75 Å². The van der Waals surface area contributed by atoms with Gasteiger partial charge in [-0.15, -0.1) is 0 Å². The van der Waals surface area contributed by atoms with E-state index in [0.29, 0.717) is 10.7 Å². The van der Waals surface area contributed by atoms with E-state index < -0.39 is 27.2 Å². The number of aromatic nitrogens is 1. The van der Waals surface area contributed by atoms with Gasteiger partial charge < -0.3 is 4.74 Å². The molecule has 0 radical (unpaired) electrons. The van der Waals surface area contributed by atoms with Crippen LogP contribution in [-0.4, -0.2) is 27.0 Å². The summed E-state index contributed by atoms with van der Waals surface area (Å²) in [6, 6.07) is 16.6. The highest BCUT2D eigenvalue weighted by molar-refractivity contribution is 7.22. The number of nitro benzene ring substituents is 2. The number of thiazole rings is 1. The third-order valence-electron chi connectivity index (χ3n) is 4.32. The van der Waals surface area contributed by atoms with Gasteiger partial charge in [0.1, 0.15) is 5.75 Å². The van der Waals surface area contributed by atoms with Crippen LogP contribution in [0.5, 0.6) is 5.75 Å². The third-order valence-corrected chi connectivity index (χ3v) is 5.26. The van der Waals surface area contributed by atoms with Gasteiger partial charge in [-0.25, -0.2) is 9.78 Å². The number of rotatable bonds is 7. The molecule has 12 heteroatoms. The lowest BCUT2D eigenvalue weighted by atomic mass is 10.1. The van der Waals surface area contributed by atoms with E-state index in [9.17, 15) is 25.0 Å². The summed E-state index contributed by atoms with van der Waals surface area (Å²) in [6.07, 6.45) is 1.56. The lowest BCUT2D eigenvalue weighted by molar-refractivity contribution is -0.394. The van der Waals surface area contributed by atoms with Crippen molar-refractivity contribution in [1.82, 2.24) is 4.98 Å². The maximum absolute atomic E-state index is 12.3. The number of ether oxygens (including phenoxy) is 1. The van der Waals surface area contributed by atoms with Crippen LogP contribution in [0.4, 0.5) is 16.5 Å². The Morgan fingerprint density at radius 2 is 1.67 bits per heavy atom. The number of benzene rings is 3. The number of hydrazone groups is 1. The lowest BCUT2D eigenvalue weighted by Gasteiger charge is -2.05. The van der Waals surface area contributed by atoms with Gasteiger partial charge in [-0.3, -0.25) is 25.7 Å². The zero-order valence-corrected chi connectivity index (χ0v) is 17.4. The Kier molecular flexibility index (Phi) is 6.00. The summed E-state index contributed by atoms with van der Waals surface area (Å²) in [5.41, 5.74) is 2.98. The van der Waals surface area contributed by atoms with Crippen LogP contribution in [0.25, 0.3) is 10.2 Å². The Bertz CT molecular complexity index is 1330. The van der Waals surface area contributed by atoms with Gasteiger partial charge in [0.15, 0.2) is 0 Å². The smallest absolute Gasteiger partial charge is 0.344 e. The van der Waals surface area contributed by atoms with Crippen molar-refractivity contribution in [2.45, 2.75) is 0 Å². The Labute approximate surface area is 189 Å². The summed E-state index contributed by atoms with van der Waals surface area (Å²) in [4.78, 5) is 37.1. The molecular formula is C21H13N5O6S. The Morgan fingerprint density at radius 3 is 2.30 bits per heavy atom. The molecular weight excluding hydrogens is 450 g/mol. The summed E-state index contributed by atoms with van der Waals surface area (Å²) in [7, 11) is 0. The van der Waals surface area contributed by atoms with Gasteiger partial charge in [0, 0.05) is 12.1 Å². The second kappa shape index (κ2) is 9.20. The highest BCUT2D eigenvalue weighted by Crippen LogP contribution is 2.26. The summed E-state index contributed by atoms with van der Waals surface area (Å²) >= 11 is 1.47. The molecule has 0 spiro atoms. The number of anilines is 1. The van der Waals surface area contributed by atoms with E-state index in [-0.39, 0.29) is 11.3 Å². The van der Waals surface area contributed by atoms with Crippen LogP contribution < -0.4 is 10.2 Å². The number of non-ortho nitro benzene ring substituents is 2. The zero-order valence-electron chi connectivity index (χ0n) is 16.6. The van der Waals surface area contributed by atoms with E-state index in [2.05, 4.69) is 15.5 Å². The molecule has 0 atom stereocenters. The number of carbonyl (C=O) groups excluding carboxylic acids is 1. The molecule has 0 unspecified atom stereocenters. The van der Waals surface area contributed by atoms with Crippen LogP contribution >= 0.6 is 11.3 Å². The van der Waals surface area contributed by atoms with Crippen LogP contribution in [0.1, 0.15) is 15.9 Å². The molecule has 0 saturated carbocycles. The molecule has 1 N–H and O–H groups in total. The number of hydrogen-bond acceptors (Lipinski definition) is 10. The van der Waals surface area contributed by atoms with E-state index in [1.807, 2.05) is 24.3 Å². The molecule has 4 rings (SSSR count). The molecule has 0 aliphatic heterocycles. The summed E-state index contributed by atoms with van der Waals surface area (Å²) < 4.78 is 6.22. The van der Waals surface area contributed by atoms with Crippen molar-refractivity contribution in [3.63, 3.8) is 0 Å². The van der Waals surface area contributed by atoms with Crippen molar-refractivity contribution in [1.29, 1.82) is 0 Å². The summed E-state index contributed by atoms with van der Waals surface area (Å²) in [5, 5.41) is 26.7. The number of hydrogen-bond donors (Lipinski definition) is 1. The van der Waals surface area contributed by atoms with Gasteiger partial charge in [-0.05, 0) is 42.0 Å². The predicted molar refractivity (Wildman–Crippen MR) is 122 cm³/mol. The van der Waals surface area contributed by atoms with Gasteiger partial charge in [-0.2, -0.15) is 5.10 Å². The van der Waals surface area contributed by atoms with E-state index in [1.54, 1.807) is 18.3 Å². The van der Waals surface area contributed by atoms with E-state index in [1.165, 1.54) is 23.5 Å². The van der Waals surface area contributed by atoms with Crippen LogP contribution in [0.15, 0.2) is 71.8 Å². The molecule has 0 aliphatic rings. The van der Waals surface area contributed by atoms with Crippen LogP contribution in [0.3, 0.4) is 0 Å². The number of fused-ring (bicyclic) bond motifs is 1. The quantitative estimate of drug-likeness (QED) is 0.135. The van der Waals surface area contributed by atoms with Crippen LogP contribution in [0.2, 0.25) is 0 Å². The number of nitro groups is 2. The molecule has 0 aliphatic carbocycles. The number of para-hydroxylation sites is 1. The normalized spacial score (nSPS) is 10.9. The maximum Gasteiger partial charge on any atom is 0.344 e. The molecule has 164 valence electrons. The predicted octanol–water partition coefficient (Wildman–Crippen LogP) is 4.78. The monoisotopic (exact) mass is 463 g/mol. The Balaban J connectivity index is 1.42. The minimum atomic E-state index is -0.958. The fourth-order valence-electron chi connectivity index (χ4n) is 2.79. The molecule has 33 heavy (non-hydrogen) atoms. The molecule has 3 aromatic carbocycles. The highest BCUT2D eigenvalue weighted by atomic mass is 32.1. The molecule has 0 saturated heterocycles. The second-order valence-electron chi connectivity index (χ2n) is 6.57. The topological polar surface area (TPSA) is 150 Å². The Morgan fingerprint density at radius 1 is 1.00 bits per heavy atom. The average molecular weight is 463 g/mol. The molecule has 1 aromatic heterocycles. The van der Waals surface area contributed by atoms with E-state index in [4.69, 9.17) is 4.74 Å². The number of nitrogens with one attached hydrogen (secondary N) is 1. The highest BCUT2D eigenvalue weighted by Gasteiger charge is 2.21. The molecule has 0 bridgehead atoms. The summed E-state index contributed by atoms with van der Waals surface area (Å²) in [5.74, 6) is -0.800. The molecule has 0 amide bonds. The number of esters is 1. The molecule has 4 aromatic rings. The van der Waals surface area contributed by atoms with Crippen LogP contribution in [0, 0.1) is 20.2 Å². The minimum Gasteiger partial charge on any atom is -0.423 e. The van der Waals surface area contributed by atoms with Gasteiger partial charge in [0.05, 0.1) is 37.9 Å². The Hall–Kier alpha value is -4.71.